The molecule has 0 fully saturated rings. The third-order valence-corrected chi connectivity index (χ3v) is 5.30. The SMILES string of the molecule is CCCC(CS(=O)(=O)c1cc(Cl)ccc1Cl)NCC. The highest BCUT2D eigenvalue weighted by Gasteiger charge is 2.23. The second-order valence-electron chi connectivity index (χ2n) is 4.40. The van der Waals surface area contributed by atoms with Gasteiger partial charge in [0.1, 0.15) is 0 Å². The molecule has 19 heavy (non-hydrogen) atoms. The molecule has 6 heteroatoms. The molecule has 1 rings (SSSR count). The lowest BCUT2D eigenvalue weighted by Gasteiger charge is -2.17. The Labute approximate surface area is 125 Å². The van der Waals surface area contributed by atoms with Crippen LogP contribution in [0, 0.1) is 0 Å². The molecule has 1 atom stereocenters. The average Bonchev–Trinajstić information content (AvgIpc) is 2.32. The Hall–Kier alpha value is -0.290. The second kappa shape index (κ2) is 7.48. The van der Waals surface area contributed by atoms with Crippen molar-refractivity contribution in [3.8, 4) is 0 Å². The molecule has 0 radical (unpaired) electrons. The number of sulfone groups is 1. The van der Waals surface area contributed by atoms with Crippen LogP contribution in [-0.2, 0) is 9.84 Å². The molecule has 1 aromatic carbocycles. The van der Waals surface area contributed by atoms with E-state index in [0.29, 0.717) is 5.02 Å². The van der Waals surface area contributed by atoms with Gasteiger partial charge in [0.05, 0.1) is 15.7 Å². The van der Waals surface area contributed by atoms with Crippen LogP contribution >= 0.6 is 23.2 Å². The van der Waals surface area contributed by atoms with E-state index in [9.17, 15) is 8.42 Å². The Kier molecular flexibility index (Phi) is 6.60. The van der Waals surface area contributed by atoms with Gasteiger partial charge in [0.25, 0.3) is 0 Å². The minimum absolute atomic E-state index is 0.0365. The predicted molar refractivity (Wildman–Crippen MR) is 80.9 cm³/mol. The molecule has 0 aliphatic carbocycles. The predicted octanol–water partition coefficient (Wildman–Crippen LogP) is 3.55. The summed E-state index contributed by atoms with van der Waals surface area (Å²) in [6.07, 6.45) is 1.74. The van der Waals surface area contributed by atoms with Crippen LogP contribution in [0.5, 0.6) is 0 Å². The van der Waals surface area contributed by atoms with Crippen molar-refractivity contribution in [2.75, 3.05) is 12.3 Å². The van der Waals surface area contributed by atoms with Gasteiger partial charge in [0, 0.05) is 11.1 Å². The molecule has 0 spiro atoms. The van der Waals surface area contributed by atoms with Crippen molar-refractivity contribution >= 4 is 33.0 Å². The highest BCUT2D eigenvalue weighted by Crippen LogP contribution is 2.26. The molecule has 0 amide bonds. The maximum atomic E-state index is 12.4. The topological polar surface area (TPSA) is 46.2 Å². The maximum Gasteiger partial charge on any atom is 0.181 e. The Morgan fingerprint density at radius 1 is 1.26 bits per heavy atom. The summed E-state index contributed by atoms with van der Waals surface area (Å²) in [5, 5.41) is 3.78. The van der Waals surface area contributed by atoms with E-state index in [2.05, 4.69) is 5.32 Å². The molecule has 0 bridgehead atoms. The van der Waals surface area contributed by atoms with E-state index >= 15 is 0 Å². The third-order valence-electron chi connectivity index (χ3n) is 2.78. The van der Waals surface area contributed by atoms with Crippen LogP contribution in [0.15, 0.2) is 23.1 Å². The standard InChI is InChI=1S/C13H19Cl2NO2S/c1-3-5-11(16-4-2)9-19(17,18)13-8-10(14)6-7-12(13)15/h6-8,11,16H,3-5,9H2,1-2H3. The molecule has 0 saturated carbocycles. The Balaban J connectivity index is 2.99. The quantitative estimate of drug-likeness (QED) is 0.834. The number of benzene rings is 1. The minimum atomic E-state index is -3.44. The summed E-state index contributed by atoms with van der Waals surface area (Å²) in [6, 6.07) is 4.44. The number of nitrogens with one attached hydrogen (secondary N) is 1. The lowest BCUT2D eigenvalue weighted by molar-refractivity contribution is 0.513. The van der Waals surface area contributed by atoms with Gasteiger partial charge in [0.15, 0.2) is 9.84 Å². The van der Waals surface area contributed by atoms with Crippen LogP contribution in [0.3, 0.4) is 0 Å². The normalized spacial score (nSPS) is 13.5. The summed E-state index contributed by atoms with van der Waals surface area (Å²) >= 11 is 11.8. The van der Waals surface area contributed by atoms with Gasteiger partial charge in [-0.3, -0.25) is 0 Å². The van der Waals surface area contributed by atoms with Crippen LogP contribution in [0.1, 0.15) is 26.7 Å². The van der Waals surface area contributed by atoms with Crippen molar-refractivity contribution in [2.45, 2.75) is 37.6 Å². The molecular weight excluding hydrogens is 305 g/mol. The van der Waals surface area contributed by atoms with Crippen molar-refractivity contribution in [3.63, 3.8) is 0 Å². The minimum Gasteiger partial charge on any atom is -0.313 e. The van der Waals surface area contributed by atoms with Crippen LogP contribution in [0.4, 0.5) is 0 Å². The molecule has 1 unspecified atom stereocenters. The van der Waals surface area contributed by atoms with Crippen LogP contribution in [0.25, 0.3) is 0 Å². The van der Waals surface area contributed by atoms with E-state index in [1.165, 1.54) is 12.1 Å². The fourth-order valence-corrected chi connectivity index (χ4v) is 4.32. The van der Waals surface area contributed by atoms with Gasteiger partial charge in [0.2, 0.25) is 0 Å². The molecule has 3 nitrogen and oxygen atoms in total. The lowest BCUT2D eigenvalue weighted by atomic mass is 10.2. The van der Waals surface area contributed by atoms with Crippen molar-refractivity contribution in [1.29, 1.82) is 0 Å². The van der Waals surface area contributed by atoms with Gasteiger partial charge in [-0.1, -0.05) is 43.5 Å². The van der Waals surface area contributed by atoms with E-state index in [0.717, 1.165) is 19.4 Å². The van der Waals surface area contributed by atoms with E-state index in [-0.39, 0.29) is 21.7 Å². The molecule has 0 aliphatic rings. The number of rotatable bonds is 7. The summed E-state index contributed by atoms with van der Waals surface area (Å²) in [5.74, 6) is 0.0365. The van der Waals surface area contributed by atoms with Gasteiger partial charge < -0.3 is 5.32 Å². The number of hydrogen-bond acceptors (Lipinski definition) is 3. The van der Waals surface area contributed by atoms with Crippen molar-refractivity contribution in [1.82, 2.24) is 5.32 Å². The molecule has 0 aliphatic heterocycles. The molecule has 1 aromatic rings. The molecule has 108 valence electrons. The summed E-state index contributed by atoms with van der Waals surface area (Å²) in [4.78, 5) is 0.112. The largest absolute Gasteiger partial charge is 0.313 e. The molecule has 0 saturated heterocycles. The third kappa shape index (κ3) is 4.95. The fraction of sp³-hybridized carbons (Fsp3) is 0.538. The molecule has 0 heterocycles. The first-order valence-electron chi connectivity index (χ1n) is 6.32. The van der Waals surface area contributed by atoms with Crippen LogP contribution in [-0.4, -0.2) is 26.8 Å². The zero-order valence-corrected chi connectivity index (χ0v) is 13.4. The van der Waals surface area contributed by atoms with E-state index in [1.807, 2.05) is 13.8 Å². The first-order chi connectivity index (χ1) is 8.90. The number of halogens is 2. The lowest BCUT2D eigenvalue weighted by Crippen LogP contribution is -2.35. The highest BCUT2D eigenvalue weighted by atomic mass is 35.5. The summed E-state index contributed by atoms with van der Waals surface area (Å²) < 4.78 is 24.8. The first-order valence-corrected chi connectivity index (χ1v) is 8.72. The Morgan fingerprint density at radius 2 is 1.95 bits per heavy atom. The maximum absolute atomic E-state index is 12.4. The Bertz CT molecular complexity index is 511. The zero-order chi connectivity index (χ0) is 14.5. The van der Waals surface area contributed by atoms with Crippen molar-refractivity contribution in [3.05, 3.63) is 28.2 Å². The summed E-state index contributed by atoms with van der Waals surface area (Å²) in [6.45, 7) is 4.73. The van der Waals surface area contributed by atoms with Gasteiger partial charge >= 0.3 is 0 Å². The van der Waals surface area contributed by atoms with Gasteiger partial charge in [-0.2, -0.15) is 0 Å². The van der Waals surface area contributed by atoms with Gasteiger partial charge in [-0.25, -0.2) is 8.42 Å². The van der Waals surface area contributed by atoms with E-state index in [1.54, 1.807) is 6.07 Å². The van der Waals surface area contributed by atoms with E-state index in [4.69, 9.17) is 23.2 Å². The Morgan fingerprint density at radius 3 is 2.53 bits per heavy atom. The fourth-order valence-electron chi connectivity index (χ4n) is 1.95. The van der Waals surface area contributed by atoms with Gasteiger partial charge in [-0.05, 0) is 31.2 Å². The van der Waals surface area contributed by atoms with Crippen molar-refractivity contribution in [2.24, 2.45) is 0 Å². The first kappa shape index (κ1) is 16.8. The summed E-state index contributed by atoms with van der Waals surface area (Å²) in [5.41, 5.74) is 0. The zero-order valence-electron chi connectivity index (χ0n) is 11.1. The average molecular weight is 324 g/mol. The van der Waals surface area contributed by atoms with E-state index < -0.39 is 9.84 Å². The van der Waals surface area contributed by atoms with Crippen LogP contribution in [0.2, 0.25) is 10.0 Å². The smallest absolute Gasteiger partial charge is 0.181 e. The van der Waals surface area contributed by atoms with Crippen LogP contribution < -0.4 is 5.32 Å². The monoisotopic (exact) mass is 323 g/mol. The second-order valence-corrected chi connectivity index (χ2v) is 7.25. The summed E-state index contributed by atoms with van der Waals surface area (Å²) in [7, 11) is -3.44. The number of hydrogen-bond donors (Lipinski definition) is 1. The molecule has 1 N–H and O–H groups in total. The highest BCUT2D eigenvalue weighted by molar-refractivity contribution is 7.91. The van der Waals surface area contributed by atoms with Gasteiger partial charge in [-0.15, -0.1) is 0 Å². The molecule has 0 aromatic heterocycles. The molecular formula is C13H19Cl2NO2S. The van der Waals surface area contributed by atoms with Crippen molar-refractivity contribution < 1.29 is 8.42 Å².